The zero-order valence-electron chi connectivity index (χ0n) is 16.6. The normalized spacial score (nSPS) is 12.3. The van der Waals surface area contributed by atoms with Gasteiger partial charge < -0.3 is 9.84 Å². The van der Waals surface area contributed by atoms with Crippen LogP contribution in [0.5, 0.6) is 0 Å². The lowest BCUT2D eigenvalue weighted by Crippen LogP contribution is -2.40. The van der Waals surface area contributed by atoms with Crippen molar-refractivity contribution in [3.8, 4) is 0 Å². The lowest BCUT2D eigenvalue weighted by molar-refractivity contribution is -0.144. The van der Waals surface area contributed by atoms with Crippen molar-refractivity contribution in [1.29, 1.82) is 0 Å². The monoisotopic (exact) mass is 386 g/mol. The average Bonchev–Trinajstić information content (AvgIpc) is 2.63. The van der Waals surface area contributed by atoms with E-state index in [1.54, 1.807) is 26.8 Å². The van der Waals surface area contributed by atoms with E-state index >= 15 is 0 Å². The van der Waals surface area contributed by atoms with Crippen LogP contribution < -0.4 is 10.9 Å². The van der Waals surface area contributed by atoms with Crippen molar-refractivity contribution < 1.29 is 19.4 Å². The largest absolute Gasteiger partial charge is 0.480 e. The summed E-state index contributed by atoms with van der Waals surface area (Å²) in [7, 11) is 0. The van der Waals surface area contributed by atoms with E-state index in [9.17, 15) is 19.5 Å². The number of carbonyl (C=O) groups excluding carboxylic acids is 1. The second-order valence-electron chi connectivity index (χ2n) is 7.56. The number of anilines is 1. The molecule has 0 fully saturated rings. The zero-order valence-corrected chi connectivity index (χ0v) is 16.6. The number of aliphatic carboxylic acids is 1. The second kappa shape index (κ2) is 8.73. The summed E-state index contributed by atoms with van der Waals surface area (Å²) in [4.78, 5) is 37.0. The van der Waals surface area contributed by atoms with E-state index in [1.165, 1.54) is 10.6 Å². The summed E-state index contributed by atoms with van der Waals surface area (Å²) in [6, 6.07) is 11.2. The number of carboxylic acid groups (broad SMARTS) is 1. The van der Waals surface area contributed by atoms with Crippen LogP contribution in [0.25, 0.3) is 0 Å². The number of ether oxygens (including phenoxy) is 1. The molecule has 2 rings (SSSR count). The van der Waals surface area contributed by atoms with E-state index in [-0.39, 0.29) is 12.3 Å². The molecule has 0 aliphatic rings. The number of pyridine rings is 1. The average molecular weight is 386 g/mol. The number of benzene rings is 1. The summed E-state index contributed by atoms with van der Waals surface area (Å²) >= 11 is 0. The molecule has 1 aromatic heterocycles. The molecular formula is C21H26N2O5. The first-order chi connectivity index (χ1) is 13.1. The van der Waals surface area contributed by atoms with Gasteiger partial charge in [0.05, 0.1) is 0 Å². The first-order valence-electron chi connectivity index (χ1n) is 9.10. The third-order valence-electron chi connectivity index (χ3n) is 4.33. The maximum atomic E-state index is 13.0. The van der Waals surface area contributed by atoms with E-state index in [0.717, 1.165) is 5.56 Å². The Kier molecular flexibility index (Phi) is 6.62. The number of rotatable bonds is 6. The van der Waals surface area contributed by atoms with Crippen LogP contribution in [0.3, 0.4) is 0 Å². The van der Waals surface area contributed by atoms with E-state index in [1.807, 2.05) is 37.3 Å². The molecule has 0 saturated carbocycles. The van der Waals surface area contributed by atoms with Gasteiger partial charge in [0, 0.05) is 5.69 Å². The highest BCUT2D eigenvalue weighted by Crippen LogP contribution is 2.31. The Morgan fingerprint density at radius 1 is 1.14 bits per heavy atom. The third-order valence-corrected chi connectivity index (χ3v) is 4.33. The second-order valence-corrected chi connectivity index (χ2v) is 7.56. The Bertz CT molecular complexity index is 897. The molecule has 7 nitrogen and oxygen atoms in total. The number of amides is 1. The minimum atomic E-state index is -1.10. The Labute approximate surface area is 164 Å². The van der Waals surface area contributed by atoms with Gasteiger partial charge in [-0.05, 0) is 29.5 Å². The maximum Gasteiger partial charge on any atom is 0.412 e. The predicted molar refractivity (Wildman–Crippen MR) is 106 cm³/mol. The van der Waals surface area contributed by atoms with Gasteiger partial charge in [-0.25, -0.2) is 9.59 Å². The van der Waals surface area contributed by atoms with Gasteiger partial charge in [0.2, 0.25) is 0 Å². The Morgan fingerprint density at radius 3 is 2.32 bits per heavy atom. The summed E-state index contributed by atoms with van der Waals surface area (Å²) in [5, 5.41) is 12.1. The fourth-order valence-corrected chi connectivity index (χ4v) is 3.00. The molecule has 150 valence electrons. The fraction of sp³-hybridized carbons (Fsp3) is 0.381. The van der Waals surface area contributed by atoms with Gasteiger partial charge in [-0.15, -0.1) is 0 Å². The van der Waals surface area contributed by atoms with Gasteiger partial charge in [0.15, 0.2) is 0 Å². The molecule has 0 bridgehead atoms. The topological polar surface area (TPSA) is 97.6 Å². The highest BCUT2D eigenvalue weighted by molar-refractivity contribution is 5.84. The van der Waals surface area contributed by atoms with Crippen molar-refractivity contribution in [3.05, 3.63) is 64.1 Å². The molecule has 2 aromatic rings. The molecule has 0 radical (unpaired) electrons. The predicted octanol–water partition coefficient (Wildman–Crippen LogP) is 3.83. The number of nitrogens with one attached hydrogen (secondary N) is 1. The SMILES string of the molecule is CCc1ccc(NC(=O)OCc2ccccc2)c(=O)n1C(C(=O)O)C(C)(C)C. The van der Waals surface area contributed by atoms with Gasteiger partial charge in [0.25, 0.3) is 5.56 Å². The van der Waals surface area contributed by atoms with Crippen LogP contribution in [0.1, 0.15) is 45.0 Å². The summed E-state index contributed by atoms with van der Waals surface area (Å²) in [5.74, 6) is -1.10. The molecule has 1 unspecified atom stereocenters. The lowest BCUT2D eigenvalue weighted by atomic mass is 9.86. The number of carbonyl (C=O) groups is 2. The number of hydrogen-bond acceptors (Lipinski definition) is 4. The number of carboxylic acids is 1. The maximum absolute atomic E-state index is 13.0. The first kappa shape index (κ1) is 21.2. The molecule has 0 saturated heterocycles. The van der Waals surface area contributed by atoms with Crippen molar-refractivity contribution >= 4 is 17.7 Å². The van der Waals surface area contributed by atoms with Gasteiger partial charge in [-0.1, -0.05) is 58.0 Å². The summed E-state index contributed by atoms with van der Waals surface area (Å²) in [6.45, 7) is 7.17. The van der Waals surface area contributed by atoms with Crippen molar-refractivity contribution in [2.24, 2.45) is 5.41 Å². The highest BCUT2D eigenvalue weighted by Gasteiger charge is 2.35. The van der Waals surface area contributed by atoms with Crippen LogP contribution in [0.2, 0.25) is 0 Å². The summed E-state index contributed by atoms with van der Waals surface area (Å²) < 4.78 is 6.39. The number of aryl methyl sites for hydroxylation is 1. The van der Waals surface area contributed by atoms with Gasteiger partial charge >= 0.3 is 12.1 Å². The molecular weight excluding hydrogens is 360 g/mol. The van der Waals surface area contributed by atoms with Crippen LogP contribution in [-0.2, 0) is 22.6 Å². The Hall–Kier alpha value is -3.09. The van der Waals surface area contributed by atoms with Gasteiger partial charge in [-0.2, -0.15) is 0 Å². The van der Waals surface area contributed by atoms with E-state index in [2.05, 4.69) is 5.32 Å². The lowest BCUT2D eigenvalue weighted by Gasteiger charge is -2.31. The molecule has 1 atom stereocenters. The molecule has 0 aliphatic heterocycles. The van der Waals surface area contributed by atoms with Crippen LogP contribution >= 0.6 is 0 Å². The quantitative estimate of drug-likeness (QED) is 0.786. The molecule has 7 heteroatoms. The van der Waals surface area contributed by atoms with Crippen molar-refractivity contribution in [2.45, 2.75) is 46.8 Å². The zero-order chi connectivity index (χ0) is 20.9. The summed E-state index contributed by atoms with van der Waals surface area (Å²) in [6.07, 6.45) is -0.298. The van der Waals surface area contributed by atoms with Crippen molar-refractivity contribution in [1.82, 2.24) is 4.57 Å². The van der Waals surface area contributed by atoms with Crippen molar-refractivity contribution in [2.75, 3.05) is 5.32 Å². The van der Waals surface area contributed by atoms with Gasteiger partial charge in [-0.3, -0.25) is 14.7 Å². The van der Waals surface area contributed by atoms with Crippen LogP contribution in [-0.4, -0.2) is 21.7 Å². The molecule has 2 N–H and O–H groups in total. The summed E-state index contributed by atoms with van der Waals surface area (Å²) in [5.41, 5.74) is 0.0983. The minimum absolute atomic E-state index is 0.0224. The number of hydrogen-bond donors (Lipinski definition) is 2. The van der Waals surface area contributed by atoms with Crippen LogP contribution in [0, 0.1) is 5.41 Å². The van der Waals surface area contributed by atoms with E-state index < -0.39 is 29.1 Å². The molecule has 1 amide bonds. The Morgan fingerprint density at radius 2 is 1.79 bits per heavy atom. The minimum Gasteiger partial charge on any atom is -0.480 e. The molecule has 1 heterocycles. The van der Waals surface area contributed by atoms with Crippen LogP contribution in [0.4, 0.5) is 10.5 Å². The van der Waals surface area contributed by atoms with E-state index in [4.69, 9.17) is 4.74 Å². The first-order valence-corrected chi connectivity index (χ1v) is 9.10. The van der Waals surface area contributed by atoms with E-state index in [0.29, 0.717) is 12.1 Å². The Balaban J connectivity index is 2.30. The fourth-order valence-electron chi connectivity index (χ4n) is 3.00. The smallest absolute Gasteiger partial charge is 0.412 e. The number of aromatic nitrogens is 1. The van der Waals surface area contributed by atoms with Crippen LogP contribution in [0.15, 0.2) is 47.3 Å². The van der Waals surface area contributed by atoms with Gasteiger partial charge in [0.1, 0.15) is 18.3 Å². The number of nitrogens with zero attached hydrogens (tertiary/aromatic N) is 1. The van der Waals surface area contributed by atoms with Crippen molar-refractivity contribution in [3.63, 3.8) is 0 Å². The molecule has 1 aromatic carbocycles. The standard InChI is InChI=1S/C21H26N2O5/c1-5-15-11-12-16(18(24)23(15)17(19(25)26)21(2,3)4)22-20(27)28-13-14-9-7-6-8-10-14/h6-12,17H,5,13H2,1-4H3,(H,22,27)(H,25,26). The molecule has 0 aliphatic carbocycles. The highest BCUT2D eigenvalue weighted by atomic mass is 16.5. The molecule has 28 heavy (non-hydrogen) atoms. The molecule has 0 spiro atoms. The third kappa shape index (κ3) is 5.00.